The first kappa shape index (κ1) is 31.5. The number of fused-ring (bicyclic) bond motifs is 2. The molecule has 2 N–H and O–H groups in total. The zero-order valence-electron chi connectivity index (χ0n) is 24.9. The first-order chi connectivity index (χ1) is 21.6. The Hall–Kier alpha value is -4.97. The lowest BCUT2D eigenvalue weighted by Crippen LogP contribution is -2.47. The molecule has 1 aromatic heterocycles. The van der Waals surface area contributed by atoms with Crippen LogP contribution in [-0.4, -0.2) is 54.5 Å². The lowest BCUT2D eigenvalue weighted by Gasteiger charge is -2.23. The van der Waals surface area contributed by atoms with Crippen molar-refractivity contribution in [2.24, 2.45) is 0 Å². The Balaban J connectivity index is 1.28. The Kier molecular flexibility index (Phi) is 9.62. The van der Waals surface area contributed by atoms with Crippen LogP contribution >= 0.6 is 11.8 Å². The van der Waals surface area contributed by atoms with Gasteiger partial charge in [-0.2, -0.15) is 0 Å². The van der Waals surface area contributed by atoms with Crippen molar-refractivity contribution in [3.8, 4) is 28.4 Å². The normalized spacial score (nSPS) is 13.0. The molecule has 5 rings (SSSR count). The first-order valence-corrected chi connectivity index (χ1v) is 15.3. The summed E-state index contributed by atoms with van der Waals surface area (Å²) >= 11 is 1.22. The van der Waals surface area contributed by atoms with Crippen LogP contribution < -0.4 is 30.3 Å². The minimum atomic E-state index is -1.11. The van der Waals surface area contributed by atoms with Crippen LogP contribution in [0.2, 0.25) is 0 Å². The summed E-state index contributed by atoms with van der Waals surface area (Å²) in [6.45, 7) is 5.99. The summed E-state index contributed by atoms with van der Waals surface area (Å²) in [5.41, 5.74) is 0.596. The largest absolute Gasteiger partial charge is 0.486 e. The zero-order chi connectivity index (χ0) is 32.0. The number of ether oxygens (including phenoxy) is 4. The average molecular weight is 633 g/mol. The number of carbonyl (C=O) groups is 3. The predicted molar refractivity (Wildman–Crippen MR) is 169 cm³/mol. The van der Waals surface area contributed by atoms with Gasteiger partial charge in [0.1, 0.15) is 42.5 Å². The number of amides is 2. The Morgan fingerprint density at radius 3 is 2.47 bits per heavy atom. The van der Waals surface area contributed by atoms with Crippen LogP contribution in [-0.2, 0) is 9.53 Å². The predicted octanol–water partition coefficient (Wildman–Crippen LogP) is 5.15. The summed E-state index contributed by atoms with van der Waals surface area (Å²) in [5, 5.41) is 5.60. The van der Waals surface area contributed by atoms with Gasteiger partial charge in [0, 0.05) is 17.4 Å². The van der Waals surface area contributed by atoms with E-state index in [1.54, 1.807) is 63.2 Å². The summed E-state index contributed by atoms with van der Waals surface area (Å²) in [5.74, 6) is 0.494. The van der Waals surface area contributed by atoms with Crippen LogP contribution in [0.5, 0.6) is 17.2 Å². The molecule has 0 spiro atoms. The number of rotatable bonds is 9. The van der Waals surface area contributed by atoms with Crippen LogP contribution in [0.4, 0.5) is 4.79 Å². The summed E-state index contributed by atoms with van der Waals surface area (Å²) in [4.78, 5) is 51.4. The molecule has 11 nitrogen and oxygen atoms in total. The Bertz CT molecular complexity index is 1770. The fourth-order valence-corrected chi connectivity index (χ4v) is 5.18. The fourth-order valence-electron chi connectivity index (χ4n) is 4.37. The molecule has 45 heavy (non-hydrogen) atoms. The van der Waals surface area contributed by atoms with Crippen molar-refractivity contribution >= 4 is 40.7 Å². The molecule has 0 bridgehead atoms. The highest BCUT2D eigenvalue weighted by Crippen LogP contribution is 2.34. The van der Waals surface area contributed by atoms with E-state index in [1.165, 1.54) is 36.2 Å². The van der Waals surface area contributed by atoms with Gasteiger partial charge >= 0.3 is 12.1 Å². The number of hydrogen-bond donors (Lipinski definition) is 2. The highest BCUT2D eigenvalue weighted by Gasteiger charge is 2.27. The maximum Gasteiger partial charge on any atom is 0.408 e. The summed E-state index contributed by atoms with van der Waals surface area (Å²) in [6.07, 6.45) is 0.545. The molecule has 3 aromatic carbocycles. The maximum atomic E-state index is 13.3. The number of hydrogen-bond acceptors (Lipinski definition) is 10. The quantitative estimate of drug-likeness (QED) is 0.110. The van der Waals surface area contributed by atoms with Gasteiger partial charge in [-0.1, -0.05) is 24.3 Å². The van der Waals surface area contributed by atoms with E-state index in [2.05, 4.69) is 10.6 Å². The molecule has 0 fully saturated rings. The number of benzene rings is 3. The van der Waals surface area contributed by atoms with Gasteiger partial charge in [-0.25, -0.2) is 9.59 Å². The molecule has 4 aromatic rings. The molecule has 2 amide bonds. The maximum absolute atomic E-state index is 13.3. The van der Waals surface area contributed by atoms with E-state index in [-0.39, 0.29) is 39.7 Å². The third-order valence-electron chi connectivity index (χ3n) is 6.45. The monoisotopic (exact) mass is 632 g/mol. The van der Waals surface area contributed by atoms with E-state index < -0.39 is 23.7 Å². The van der Waals surface area contributed by atoms with Crippen LogP contribution in [0.3, 0.4) is 0 Å². The minimum absolute atomic E-state index is 0.0781. The van der Waals surface area contributed by atoms with Crippen molar-refractivity contribution in [1.29, 1.82) is 0 Å². The van der Waals surface area contributed by atoms with Gasteiger partial charge in [0.15, 0.2) is 16.9 Å². The molecule has 2 heterocycles. The Labute approximate surface area is 263 Å². The van der Waals surface area contributed by atoms with E-state index in [9.17, 15) is 19.2 Å². The molecule has 12 heteroatoms. The van der Waals surface area contributed by atoms with Gasteiger partial charge in [0.05, 0.1) is 16.8 Å². The highest BCUT2D eigenvalue weighted by molar-refractivity contribution is 7.99. The van der Waals surface area contributed by atoms with Crippen LogP contribution in [0.1, 0.15) is 31.1 Å². The van der Waals surface area contributed by atoms with Crippen molar-refractivity contribution in [2.45, 2.75) is 32.4 Å². The molecular weight excluding hydrogens is 600 g/mol. The van der Waals surface area contributed by atoms with Crippen LogP contribution in [0.25, 0.3) is 22.1 Å². The number of carbonyl (C=O) groups excluding carboxylic acids is 3. The third-order valence-corrected chi connectivity index (χ3v) is 7.37. The van der Waals surface area contributed by atoms with Crippen molar-refractivity contribution < 1.29 is 37.7 Å². The Morgan fingerprint density at radius 1 is 0.956 bits per heavy atom. The smallest absolute Gasteiger partial charge is 0.408 e. The van der Waals surface area contributed by atoms with Crippen molar-refractivity contribution in [1.82, 2.24) is 10.6 Å². The van der Waals surface area contributed by atoms with Crippen molar-refractivity contribution in [3.05, 3.63) is 88.8 Å². The summed E-state index contributed by atoms with van der Waals surface area (Å²) < 4.78 is 27.8. The van der Waals surface area contributed by atoms with Gasteiger partial charge in [0.25, 0.3) is 5.91 Å². The SMILES string of the molecule is CC(C)(C)OC(=O)N[C@H](CSCNC(=O)c1ccccc1)C(=O)Oc1ccc2c(=O)c(-c3ccc4c(c3)OCCO4)coc2c1. The van der Waals surface area contributed by atoms with Crippen LogP contribution in [0, 0.1) is 0 Å². The molecule has 234 valence electrons. The van der Waals surface area contributed by atoms with Gasteiger partial charge in [-0.3, -0.25) is 9.59 Å². The molecule has 0 unspecified atom stereocenters. The second-order valence-corrected chi connectivity index (χ2v) is 12.0. The molecule has 0 radical (unpaired) electrons. The third kappa shape index (κ3) is 8.15. The van der Waals surface area contributed by atoms with E-state index in [0.29, 0.717) is 41.4 Å². The lowest BCUT2D eigenvalue weighted by molar-refractivity contribution is -0.136. The molecule has 1 aliphatic heterocycles. The average Bonchev–Trinajstić information content (AvgIpc) is 3.02. The topological polar surface area (TPSA) is 142 Å². The van der Waals surface area contributed by atoms with Crippen LogP contribution in [0.15, 0.2) is 82.2 Å². The van der Waals surface area contributed by atoms with Gasteiger partial charge in [-0.05, 0) is 62.7 Å². The van der Waals surface area contributed by atoms with E-state index in [1.807, 2.05) is 6.07 Å². The molecular formula is C33H32N2O9S. The fraction of sp³-hybridized carbons (Fsp3) is 0.273. The van der Waals surface area contributed by atoms with E-state index in [0.717, 1.165) is 0 Å². The molecule has 1 atom stereocenters. The number of esters is 1. The van der Waals surface area contributed by atoms with E-state index >= 15 is 0 Å². The second kappa shape index (κ2) is 13.8. The zero-order valence-corrected chi connectivity index (χ0v) is 25.7. The first-order valence-electron chi connectivity index (χ1n) is 14.2. The molecule has 0 aliphatic carbocycles. The van der Waals surface area contributed by atoms with Gasteiger partial charge < -0.3 is 34.0 Å². The number of nitrogens with one attached hydrogen (secondary N) is 2. The standard InChI is InChI=1S/C33H32N2O9S/c1-33(2,3)44-32(39)35-25(18-45-19-34-30(37)20-7-5-4-6-8-20)31(38)43-22-10-11-23-27(16-22)42-17-24(29(23)36)21-9-12-26-28(15-21)41-14-13-40-26/h4-12,15-17,25H,13-14,18-19H2,1-3H3,(H,34,37)(H,35,39)/t25-/m1/s1. The van der Waals surface area contributed by atoms with Crippen molar-refractivity contribution in [3.63, 3.8) is 0 Å². The van der Waals surface area contributed by atoms with Gasteiger partial charge in [0.2, 0.25) is 0 Å². The number of thioether (sulfide) groups is 1. The second-order valence-electron chi connectivity index (χ2n) is 11.0. The molecule has 0 saturated carbocycles. The minimum Gasteiger partial charge on any atom is -0.486 e. The summed E-state index contributed by atoms with van der Waals surface area (Å²) in [7, 11) is 0. The highest BCUT2D eigenvalue weighted by atomic mass is 32.2. The Morgan fingerprint density at radius 2 is 1.71 bits per heavy atom. The number of alkyl carbamates (subject to hydrolysis) is 1. The molecule has 1 aliphatic rings. The lowest BCUT2D eigenvalue weighted by atomic mass is 10.0. The van der Waals surface area contributed by atoms with Gasteiger partial charge in [-0.15, -0.1) is 11.8 Å². The van der Waals surface area contributed by atoms with E-state index in [4.69, 9.17) is 23.4 Å². The van der Waals surface area contributed by atoms with Crippen molar-refractivity contribution in [2.75, 3.05) is 24.8 Å². The molecule has 0 saturated heterocycles. The summed E-state index contributed by atoms with van der Waals surface area (Å²) in [6, 6.07) is 17.2.